The van der Waals surface area contributed by atoms with Crippen LogP contribution in [0, 0.1) is 5.92 Å². The van der Waals surface area contributed by atoms with Crippen LogP contribution in [0.1, 0.15) is 39.0 Å². The number of nitrogens with one attached hydrogen (secondary N) is 2. The minimum atomic E-state index is -0.279. The van der Waals surface area contributed by atoms with Crippen molar-refractivity contribution in [3.05, 3.63) is 16.7 Å². The predicted octanol–water partition coefficient (Wildman–Crippen LogP) is 1.73. The summed E-state index contributed by atoms with van der Waals surface area (Å²) in [6.07, 6.45) is 7.82. The van der Waals surface area contributed by atoms with Crippen molar-refractivity contribution in [2.75, 3.05) is 11.1 Å². The van der Waals surface area contributed by atoms with Crippen LogP contribution < -0.4 is 16.6 Å². The molecule has 1 fully saturated rings. The molecular weight excluding hydrogens is 216 g/mol. The van der Waals surface area contributed by atoms with Crippen LogP contribution in [-0.2, 0) is 0 Å². The number of aromatic nitrogens is 2. The molecule has 0 spiro atoms. The first kappa shape index (κ1) is 12.0. The van der Waals surface area contributed by atoms with Crippen LogP contribution in [0.2, 0.25) is 0 Å². The fraction of sp³-hybridized carbons (Fsp3) is 0.667. The van der Waals surface area contributed by atoms with Gasteiger partial charge < -0.3 is 16.0 Å². The molecule has 1 aliphatic carbocycles. The van der Waals surface area contributed by atoms with Crippen molar-refractivity contribution in [1.29, 1.82) is 0 Å². The third-order valence-corrected chi connectivity index (χ3v) is 3.61. The first-order valence-corrected chi connectivity index (χ1v) is 6.28. The smallest absolute Gasteiger partial charge is 0.276 e. The summed E-state index contributed by atoms with van der Waals surface area (Å²) in [5, 5.41) is 3.26. The summed E-state index contributed by atoms with van der Waals surface area (Å²) in [5.74, 6) is 1.16. The zero-order valence-corrected chi connectivity index (χ0v) is 10.2. The molecule has 4 N–H and O–H groups in total. The van der Waals surface area contributed by atoms with E-state index in [1.165, 1.54) is 38.4 Å². The van der Waals surface area contributed by atoms with Gasteiger partial charge in [-0.15, -0.1) is 0 Å². The standard InChI is InChI=1S/C12H20N4O/c1-8(9-5-3-2-4-6-9)16-11-10(13)12(17)15-7-14-11/h7-9H,2-6,13H2,1H3,(H2,14,15,16,17). The van der Waals surface area contributed by atoms with Gasteiger partial charge in [-0.1, -0.05) is 19.3 Å². The first-order valence-electron chi connectivity index (χ1n) is 6.28. The van der Waals surface area contributed by atoms with E-state index in [9.17, 15) is 4.79 Å². The van der Waals surface area contributed by atoms with Gasteiger partial charge in [0.2, 0.25) is 0 Å². The number of rotatable bonds is 3. The van der Waals surface area contributed by atoms with Gasteiger partial charge in [0.25, 0.3) is 5.56 Å². The van der Waals surface area contributed by atoms with E-state index in [2.05, 4.69) is 22.2 Å². The number of hydrogen-bond acceptors (Lipinski definition) is 4. The highest BCUT2D eigenvalue weighted by molar-refractivity contribution is 5.59. The summed E-state index contributed by atoms with van der Waals surface area (Å²) in [7, 11) is 0. The van der Waals surface area contributed by atoms with Crippen molar-refractivity contribution in [3.63, 3.8) is 0 Å². The highest BCUT2D eigenvalue weighted by atomic mass is 16.1. The Kier molecular flexibility index (Phi) is 3.66. The van der Waals surface area contributed by atoms with Crippen molar-refractivity contribution in [2.24, 2.45) is 5.92 Å². The summed E-state index contributed by atoms with van der Waals surface area (Å²) in [4.78, 5) is 17.9. The van der Waals surface area contributed by atoms with E-state index in [4.69, 9.17) is 5.73 Å². The lowest BCUT2D eigenvalue weighted by atomic mass is 9.84. The Hall–Kier alpha value is -1.52. The van der Waals surface area contributed by atoms with E-state index < -0.39 is 0 Å². The maximum absolute atomic E-state index is 11.3. The van der Waals surface area contributed by atoms with Crippen LogP contribution in [0.4, 0.5) is 11.5 Å². The lowest BCUT2D eigenvalue weighted by Gasteiger charge is -2.28. The van der Waals surface area contributed by atoms with E-state index >= 15 is 0 Å². The Bertz CT molecular complexity index is 423. The van der Waals surface area contributed by atoms with Crippen LogP contribution in [0.25, 0.3) is 0 Å². The van der Waals surface area contributed by atoms with E-state index in [0.717, 1.165) is 0 Å². The maximum atomic E-state index is 11.3. The Morgan fingerprint density at radius 1 is 1.47 bits per heavy atom. The molecule has 0 bridgehead atoms. The molecule has 1 heterocycles. The Labute approximate surface area is 101 Å². The van der Waals surface area contributed by atoms with Crippen molar-refractivity contribution >= 4 is 11.5 Å². The van der Waals surface area contributed by atoms with Crippen LogP contribution in [0.3, 0.4) is 0 Å². The van der Waals surface area contributed by atoms with Crippen LogP contribution in [-0.4, -0.2) is 16.0 Å². The summed E-state index contributed by atoms with van der Waals surface area (Å²) < 4.78 is 0. The van der Waals surface area contributed by atoms with Gasteiger partial charge >= 0.3 is 0 Å². The van der Waals surface area contributed by atoms with Gasteiger partial charge in [0.15, 0.2) is 5.82 Å². The second-order valence-electron chi connectivity index (χ2n) is 4.83. The monoisotopic (exact) mass is 236 g/mol. The molecule has 2 rings (SSSR count). The third-order valence-electron chi connectivity index (χ3n) is 3.61. The summed E-state index contributed by atoms with van der Waals surface area (Å²) >= 11 is 0. The fourth-order valence-electron chi connectivity index (χ4n) is 2.49. The Morgan fingerprint density at radius 2 is 2.18 bits per heavy atom. The molecule has 1 aliphatic rings. The molecule has 0 aliphatic heterocycles. The molecule has 5 nitrogen and oxygen atoms in total. The first-order chi connectivity index (χ1) is 8.18. The largest absolute Gasteiger partial charge is 0.391 e. The number of anilines is 2. The number of hydrogen-bond donors (Lipinski definition) is 3. The minimum absolute atomic E-state index is 0.176. The van der Waals surface area contributed by atoms with Crippen LogP contribution in [0.15, 0.2) is 11.1 Å². The normalized spacial score (nSPS) is 18.9. The highest BCUT2D eigenvalue weighted by Crippen LogP contribution is 2.28. The van der Waals surface area contributed by atoms with Gasteiger partial charge in [0.05, 0.1) is 6.33 Å². The highest BCUT2D eigenvalue weighted by Gasteiger charge is 2.20. The SMILES string of the molecule is CC(Nc1nc[nH]c(=O)c1N)C1CCCCC1. The average molecular weight is 236 g/mol. The lowest BCUT2D eigenvalue weighted by molar-refractivity contribution is 0.328. The average Bonchev–Trinajstić information content (AvgIpc) is 2.36. The van der Waals surface area contributed by atoms with Gasteiger partial charge in [-0.3, -0.25) is 4.79 Å². The molecule has 1 aromatic rings. The predicted molar refractivity (Wildman–Crippen MR) is 68.9 cm³/mol. The molecule has 0 amide bonds. The molecule has 1 saturated carbocycles. The van der Waals surface area contributed by atoms with E-state index in [1.807, 2.05) is 0 Å². The third kappa shape index (κ3) is 2.78. The van der Waals surface area contributed by atoms with E-state index in [-0.39, 0.29) is 11.2 Å². The number of nitrogens with two attached hydrogens (primary N) is 1. The maximum Gasteiger partial charge on any atom is 0.276 e. The van der Waals surface area contributed by atoms with Gasteiger partial charge in [0.1, 0.15) is 5.69 Å². The van der Waals surface area contributed by atoms with E-state index in [1.54, 1.807) is 0 Å². The molecule has 1 aromatic heterocycles. The molecular formula is C12H20N4O. The quantitative estimate of drug-likeness (QED) is 0.746. The molecule has 1 atom stereocenters. The van der Waals surface area contributed by atoms with Gasteiger partial charge in [-0.2, -0.15) is 0 Å². The second-order valence-corrected chi connectivity index (χ2v) is 4.83. The van der Waals surface area contributed by atoms with Gasteiger partial charge in [-0.25, -0.2) is 4.98 Å². The zero-order valence-electron chi connectivity index (χ0n) is 10.2. The second kappa shape index (κ2) is 5.21. The zero-order chi connectivity index (χ0) is 12.3. The summed E-state index contributed by atoms with van der Waals surface area (Å²) in [6, 6.07) is 0.312. The lowest BCUT2D eigenvalue weighted by Crippen LogP contribution is -2.29. The van der Waals surface area contributed by atoms with Crippen molar-refractivity contribution in [3.8, 4) is 0 Å². The number of aromatic amines is 1. The van der Waals surface area contributed by atoms with E-state index in [0.29, 0.717) is 17.8 Å². The van der Waals surface area contributed by atoms with Crippen molar-refractivity contribution in [2.45, 2.75) is 45.1 Å². The van der Waals surface area contributed by atoms with Gasteiger partial charge in [0, 0.05) is 6.04 Å². The van der Waals surface area contributed by atoms with Crippen LogP contribution in [0.5, 0.6) is 0 Å². The molecule has 94 valence electrons. The fourth-order valence-corrected chi connectivity index (χ4v) is 2.49. The Balaban J connectivity index is 2.04. The van der Waals surface area contributed by atoms with Gasteiger partial charge in [-0.05, 0) is 25.7 Å². The van der Waals surface area contributed by atoms with Crippen molar-refractivity contribution < 1.29 is 0 Å². The summed E-state index contributed by atoms with van der Waals surface area (Å²) in [5.41, 5.74) is 5.59. The topological polar surface area (TPSA) is 83.8 Å². The number of nitrogens with zero attached hydrogens (tertiary/aromatic N) is 1. The number of nitrogen functional groups attached to an aromatic ring is 1. The molecule has 0 radical (unpaired) electrons. The minimum Gasteiger partial charge on any atom is -0.391 e. The molecule has 17 heavy (non-hydrogen) atoms. The van der Waals surface area contributed by atoms with Crippen LogP contribution >= 0.6 is 0 Å². The Morgan fingerprint density at radius 3 is 2.88 bits per heavy atom. The molecule has 0 saturated heterocycles. The number of H-pyrrole nitrogens is 1. The molecule has 1 unspecified atom stereocenters. The summed E-state index contributed by atoms with van der Waals surface area (Å²) in [6.45, 7) is 2.14. The van der Waals surface area contributed by atoms with Crippen molar-refractivity contribution in [1.82, 2.24) is 9.97 Å². The molecule has 0 aromatic carbocycles. The molecule has 5 heteroatoms.